The van der Waals surface area contributed by atoms with Gasteiger partial charge in [0.25, 0.3) is 0 Å². The zero-order valence-electron chi connectivity index (χ0n) is 17.7. The number of carbonyl (C=O) groups is 2. The van der Waals surface area contributed by atoms with Gasteiger partial charge in [0.05, 0.1) is 5.54 Å². The maximum absolute atomic E-state index is 12.2. The van der Waals surface area contributed by atoms with Crippen molar-refractivity contribution < 1.29 is 14.3 Å². The minimum atomic E-state index is -0.546. The summed E-state index contributed by atoms with van der Waals surface area (Å²) < 4.78 is 5.40. The molecule has 0 bridgehead atoms. The molecule has 2 amide bonds. The minimum absolute atomic E-state index is 0.0705. The van der Waals surface area contributed by atoms with Gasteiger partial charge in [0, 0.05) is 19.1 Å². The first-order chi connectivity index (χ1) is 12.6. The summed E-state index contributed by atoms with van der Waals surface area (Å²) in [7, 11) is 0. The molecule has 0 aromatic heterocycles. The molecule has 0 saturated heterocycles. The first-order valence-electron chi connectivity index (χ1n) is 9.95. The first kappa shape index (κ1) is 23.0. The van der Waals surface area contributed by atoms with Gasteiger partial charge in [-0.25, -0.2) is 9.79 Å². The van der Waals surface area contributed by atoms with Crippen LogP contribution in [-0.2, 0) is 9.53 Å². The van der Waals surface area contributed by atoms with Gasteiger partial charge in [-0.05, 0) is 53.4 Å². The number of nitrogens with zero attached hydrogens (tertiary/aromatic N) is 1. The monoisotopic (exact) mass is 383 g/mol. The van der Waals surface area contributed by atoms with Crippen LogP contribution < -0.4 is 21.3 Å². The van der Waals surface area contributed by atoms with Crippen LogP contribution in [0, 0.1) is 0 Å². The van der Waals surface area contributed by atoms with Gasteiger partial charge in [-0.3, -0.25) is 4.79 Å². The van der Waals surface area contributed by atoms with Gasteiger partial charge in [-0.15, -0.1) is 0 Å². The van der Waals surface area contributed by atoms with Crippen molar-refractivity contribution in [3.05, 3.63) is 0 Å². The summed E-state index contributed by atoms with van der Waals surface area (Å²) in [6, 6.07) is 0.328. The zero-order chi connectivity index (χ0) is 20.5. The summed E-state index contributed by atoms with van der Waals surface area (Å²) >= 11 is 0. The van der Waals surface area contributed by atoms with Crippen LogP contribution in [0.15, 0.2) is 4.99 Å². The van der Waals surface area contributed by atoms with E-state index < -0.39 is 17.2 Å². The lowest BCUT2D eigenvalue weighted by Gasteiger charge is -2.34. The third kappa shape index (κ3) is 9.49. The summed E-state index contributed by atoms with van der Waals surface area (Å²) in [6.45, 7) is 12.8. The molecule has 0 aromatic carbocycles. The Hall–Kier alpha value is -1.99. The standard InChI is InChI=1S/C19H37N5O3/c1-7-19(8-2,24-17(26)27-18(4,5)6)13-22-16(20-9-3)21-12-15(25)23-14-10-11-14/h14H,7-13H2,1-6H3,(H,23,25)(H,24,26)(H2,20,21,22). The summed E-state index contributed by atoms with van der Waals surface area (Å²) in [4.78, 5) is 28.4. The number of carbonyl (C=O) groups excluding carboxylic acids is 2. The molecule has 27 heavy (non-hydrogen) atoms. The highest BCUT2D eigenvalue weighted by Gasteiger charge is 2.30. The second kappa shape index (κ2) is 10.4. The second-order valence-electron chi connectivity index (χ2n) is 8.00. The SMILES string of the molecule is CCNC(=NCC(=O)NC1CC1)NCC(CC)(CC)NC(=O)OC(C)(C)C. The average molecular weight is 384 g/mol. The van der Waals surface area contributed by atoms with Crippen molar-refractivity contribution in [1.29, 1.82) is 0 Å². The minimum Gasteiger partial charge on any atom is -0.444 e. The maximum atomic E-state index is 12.2. The van der Waals surface area contributed by atoms with Crippen LogP contribution in [0.4, 0.5) is 4.79 Å². The van der Waals surface area contributed by atoms with Crippen LogP contribution in [0.25, 0.3) is 0 Å². The average Bonchev–Trinajstić information content (AvgIpc) is 3.38. The number of nitrogens with one attached hydrogen (secondary N) is 4. The van der Waals surface area contributed by atoms with E-state index in [0.717, 1.165) is 25.7 Å². The highest BCUT2D eigenvalue weighted by Crippen LogP contribution is 2.18. The molecule has 1 rings (SSSR count). The Morgan fingerprint density at radius 1 is 1.07 bits per heavy atom. The smallest absolute Gasteiger partial charge is 0.408 e. The Labute approximate surface area is 163 Å². The number of guanidine groups is 1. The Morgan fingerprint density at radius 3 is 2.19 bits per heavy atom. The fourth-order valence-electron chi connectivity index (χ4n) is 2.49. The summed E-state index contributed by atoms with van der Waals surface area (Å²) in [5.74, 6) is 0.486. The quantitative estimate of drug-likeness (QED) is 0.360. The number of aliphatic imine (C=N–C) groups is 1. The lowest BCUT2D eigenvalue weighted by Crippen LogP contribution is -2.57. The summed E-state index contributed by atoms with van der Waals surface area (Å²) in [5.41, 5.74) is -1.01. The highest BCUT2D eigenvalue weighted by molar-refractivity contribution is 5.85. The van der Waals surface area contributed by atoms with E-state index in [1.165, 1.54) is 0 Å². The molecule has 1 fully saturated rings. The van der Waals surface area contributed by atoms with Crippen LogP contribution in [0.1, 0.15) is 67.2 Å². The predicted octanol–water partition coefficient (Wildman–Crippen LogP) is 1.90. The fourth-order valence-corrected chi connectivity index (χ4v) is 2.49. The third-order valence-corrected chi connectivity index (χ3v) is 4.38. The molecule has 0 radical (unpaired) electrons. The molecule has 0 aromatic rings. The third-order valence-electron chi connectivity index (χ3n) is 4.38. The Kier molecular flexibility index (Phi) is 8.85. The van der Waals surface area contributed by atoms with E-state index in [1.807, 2.05) is 41.5 Å². The van der Waals surface area contributed by atoms with Crippen molar-refractivity contribution in [2.24, 2.45) is 4.99 Å². The van der Waals surface area contributed by atoms with Crippen molar-refractivity contribution >= 4 is 18.0 Å². The topological polar surface area (TPSA) is 104 Å². The van der Waals surface area contributed by atoms with Gasteiger partial charge in [0.1, 0.15) is 12.1 Å². The normalized spacial score (nSPS) is 15.1. The molecular weight excluding hydrogens is 346 g/mol. The molecule has 0 spiro atoms. The molecule has 156 valence electrons. The molecule has 0 heterocycles. The molecule has 4 N–H and O–H groups in total. The molecular formula is C19H37N5O3. The maximum Gasteiger partial charge on any atom is 0.408 e. The molecule has 1 saturated carbocycles. The molecule has 1 aliphatic carbocycles. The van der Waals surface area contributed by atoms with E-state index >= 15 is 0 Å². The number of rotatable bonds is 9. The van der Waals surface area contributed by atoms with Crippen LogP contribution in [-0.4, -0.2) is 54.8 Å². The zero-order valence-corrected chi connectivity index (χ0v) is 17.7. The highest BCUT2D eigenvalue weighted by atomic mass is 16.6. The van der Waals surface area contributed by atoms with Crippen LogP contribution in [0.5, 0.6) is 0 Å². The van der Waals surface area contributed by atoms with Crippen LogP contribution >= 0.6 is 0 Å². The first-order valence-corrected chi connectivity index (χ1v) is 9.95. The van der Waals surface area contributed by atoms with Crippen molar-refractivity contribution in [3.63, 3.8) is 0 Å². The number of hydrogen-bond donors (Lipinski definition) is 4. The van der Waals surface area contributed by atoms with Gasteiger partial charge >= 0.3 is 6.09 Å². The van der Waals surface area contributed by atoms with Crippen LogP contribution in [0.2, 0.25) is 0 Å². The predicted molar refractivity (Wildman–Crippen MR) is 108 cm³/mol. The number of alkyl carbamates (subject to hydrolysis) is 1. The lowest BCUT2D eigenvalue weighted by molar-refractivity contribution is -0.119. The van der Waals surface area contributed by atoms with Crippen LogP contribution in [0.3, 0.4) is 0 Å². The molecule has 8 heteroatoms. The van der Waals surface area contributed by atoms with Crippen molar-refractivity contribution in [1.82, 2.24) is 21.3 Å². The number of ether oxygens (including phenoxy) is 1. The van der Waals surface area contributed by atoms with E-state index in [4.69, 9.17) is 4.74 Å². The Balaban J connectivity index is 2.65. The second-order valence-corrected chi connectivity index (χ2v) is 8.00. The van der Waals surface area contributed by atoms with E-state index in [9.17, 15) is 9.59 Å². The Bertz CT molecular complexity index is 520. The number of amides is 2. The molecule has 0 unspecified atom stereocenters. The van der Waals surface area contributed by atoms with E-state index in [0.29, 0.717) is 25.1 Å². The van der Waals surface area contributed by atoms with Gasteiger partial charge in [0.15, 0.2) is 5.96 Å². The lowest BCUT2D eigenvalue weighted by atomic mass is 9.93. The largest absolute Gasteiger partial charge is 0.444 e. The molecule has 8 nitrogen and oxygen atoms in total. The van der Waals surface area contributed by atoms with E-state index in [-0.39, 0.29) is 12.5 Å². The summed E-state index contributed by atoms with van der Waals surface area (Å²) in [5, 5.41) is 12.3. The van der Waals surface area contributed by atoms with Crippen molar-refractivity contribution in [2.45, 2.75) is 84.4 Å². The number of hydrogen-bond acceptors (Lipinski definition) is 4. The van der Waals surface area contributed by atoms with Crippen molar-refractivity contribution in [2.75, 3.05) is 19.6 Å². The van der Waals surface area contributed by atoms with Gasteiger partial charge in [0.2, 0.25) is 5.91 Å². The van der Waals surface area contributed by atoms with Gasteiger partial charge < -0.3 is 26.0 Å². The Morgan fingerprint density at radius 2 is 1.70 bits per heavy atom. The molecule has 1 aliphatic rings. The van der Waals surface area contributed by atoms with E-state index in [2.05, 4.69) is 26.3 Å². The van der Waals surface area contributed by atoms with Crippen molar-refractivity contribution in [3.8, 4) is 0 Å². The van der Waals surface area contributed by atoms with E-state index in [1.54, 1.807) is 0 Å². The fraction of sp³-hybridized carbons (Fsp3) is 0.842. The van der Waals surface area contributed by atoms with Gasteiger partial charge in [-0.2, -0.15) is 0 Å². The molecule has 0 atom stereocenters. The van der Waals surface area contributed by atoms with Gasteiger partial charge in [-0.1, -0.05) is 13.8 Å². The summed E-state index contributed by atoms with van der Waals surface area (Å²) in [6.07, 6.45) is 3.15. The molecule has 0 aliphatic heterocycles.